The van der Waals surface area contributed by atoms with Gasteiger partial charge in [0, 0.05) is 23.3 Å². The Morgan fingerprint density at radius 3 is 2.79 bits per heavy atom. The molecule has 1 aromatic heterocycles. The number of aromatic hydroxyl groups is 1. The van der Waals surface area contributed by atoms with Crippen LogP contribution in [0.5, 0.6) is 5.75 Å². The fourth-order valence-corrected chi connectivity index (χ4v) is 2.12. The molecule has 0 aliphatic carbocycles. The maximum atomic E-state index is 10.9. The Hall–Kier alpha value is -3.68. The summed E-state index contributed by atoms with van der Waals surface area (Å²) < 4.78 is 1.33. The van der Waals surface area contributed by atoms with Gasteiger partial charge in [-0.3, -0.25) is 10.1 Å². The molecule has 3 rings (SSSR count). The number of non-ortho nitro benzene ring substituents is 1. The summed E-state index contributed by atoms with van der Waals surface area (Å²) in [5.41, 5.74) is 7.35. The smallest absolute Gasteiger partial charge is 0.270 e. The van der Waals surface area contributed by atoms with E-state index < -0.39 is 4.92 Å². The van der Waals surface area contributed by atoms with Crippen LogP contribution in [0.15, 0.2) is 59.8 Å². The number of rotatable bonds is 4. The van der Waals surface area contributed by atoms with Crippen LogP contribution in [0.3, 0.4) is 0 Å². The van der Waals surface area contributed by atoms with Crippen LogP contribution in [0.4, 0.5) is 11.6 Å². The third-order valence-corrected chi connectivity index (χ3v) is 3.33. The maximum absolute atomic E-state index is 10.9. The molecule has 0 spiro atoms. The van der Waals surface area contributed by atoms with Gasteiger partial charge in [-0.25, -0.2) is 9.66 Å². The third-order valence-electron chi connectivity index (χ3n) is 3.33. The van der Waals surface area contributed by atoms with Crippen molar-refractivity contribution in [2.45, 2.75) is 0 Å². The second-order valence-electron chi connectivity index (χ2n) is 4.94. The lowest BCUT2D eigenvalue weighted by molar-refractivity contribution is -0.384. The Bertz CT molecular complexity index is 933. The lowest BCUT2D eigenvalue weighted by atomic mass is 10.1. The number of nitrogens with zero attached hydrogens (tertiary/aromatic N) is 4. The van der Waals surface area contributed by atoms with E-state index in [1.807, 2.05) is 0 Å². The molecule has 120 valence electrons. The summed E-state index contributed by atoms with van der Waals surface area (Å²) in [5.74, 6) is 0.224. The molecule has 1 heterocycles. The Kier molecular flexibility index (Phi) is 3.94. The summed E-state index contributed by atoms with van der Waals surface area (Å²) in [6, 6.07) is 12.8. The second-order valence-corrected chi connectivity index (χ2v) is 4.94. The number of nitrogens with two attached hydrogens (primary N) is 1. The number of benzene rings is 2. The lowest BCUT2D eigenvalue weighted by Gasteiger charge is -1.98. The molecule has 0 fully saturated rings. The van der Waals surface area contributed by atoms with Gasteiger partial charge in [0.05, 0.1) is 23.0 Å². The van der Waals surface area contributed by atoms with Gasteiger partial charge in [0.25, 0.3) is 5.69 Å². The molecule has 0 unspecified atom stereocenters. The first kappa shape index (κ1) is 15.2. The molecule has 3 N–H and O–H groups in total. The summed E-state index contributed by atoms with van der Waals surface area (Å²) in [7, 11) is 0. The van der Waals surface area contributed by atoms with Crippen LogP contribution in [-0.2, 0) is 0 Å². The zero-order chi connectivity index (χ0) is 17.1. The first-order chi connectivity index (χ1) is 11.5. The molecular weight excluding hydrogens is 310 g/mol. The van der Waals surface area contributed by atoms with Crippen LogP contribution in [0.1, 0.15) is 5.56 Å². The van der Waals surface area contributed by atoms with Crippen LogP contribution in [0.25, 0.3) is 11.3 Å². The standard InChI is InChI=1S/C16H13N5O3/c17-16-19-14(11-5-3-6-13(8-11)21(23)24)10-20(16)18-9-12-4-1-2-7-15(12)22/h1-10,22H,(H2,17,19). The SMILES string of the molecule is Nc1nc(-c2cccc([N+](=O)[O-])c2)cn1N=Cc1ccccc1O. The molecule has 3 aromatic rings. The molecule has 0 bridgehead atoms. The topological polar surface area (TPSA) is 120 Å². The van der Waals surface area contributed by atoms with Crippen molar-refractivity contribution >= 4 is 17.9 Å². The van der Waals surface area contributed by atoms with Crippen LogP contribution >= 0.6 is 0 Å². The fraction of sp³-hybridized carbons (Fsp3) is 0. The molecule has 0 atom stereocenters. The fourth-order valence-electron chi connectivity index (χ4n) is 2.12. The predicted octanol–water partition coefficient (Wildman–Crippen LogP) is 2.63. The minimum Gasteiger partial charge on any atom is -0.507 e. The van der Waals surface area contributed by atoms with Crippen LogP contribution in [-0.4, -0.2) is 25.9 Å². The van der Waals surface area contributed by atoms with Crippen molar-refractivity contribution in [2.24, 2.45) is 5.10 Å². The van der Waals surface area contributed by atoms with Crippen LogP contribution in [0.2, 0.25) is 0 Å². The average Bonchev–Trinajstić information content (AvgIpc) is 2.95. The van der Waals surface area contributed by atoms with Gasteiger partial charge in [-0.05, 0) is 12.1 Å². The van der Waals surface area contributed by atoms with Gasteiger partial charge in [-0.15, -0.1) is 0 Å². The van der Waals surface area contributed by atoms with E-state index in [2.05, 4.69) is 10.1 Å². The largest absolute Gasteiger partial charge is 0.507 e. The van der Waals surface area contributed by atoms with E-state index in [9.17, 15) is 15.2 Å². The van der Waals surface area contributed by atoms with Crippen molar-refractivity contribution in [1.29, 1.82) is 0 Å². The molecule has 0 saturated heterocycles. The van der Waals surface area contributed by atoms with Gasteiger partial charge in [-0.2, -0.15) is 5.10 Å². The zero-order valence-electron chi connectivity index (χ0n) is 12.4. The molecule has 0 aliphatic heterocycles. The first-order valence-corrected chi connectivity index (χ1v) is 6.96. The highest BCUT2D eigenvalue weighted by atomic mass is 16.6. The van der Waals surface area contributed by atoms with Gasteiger partial charge in [-0.1, -0.05) is 24.3 Å². The molecule has 0 radical (unpaired) electrons. The van der Waals surface area contributed by atoms with E-state index >= 15 is 0 Å². The number of nitro groups is 1. The van der Waals surface area contributed by atoms with E-state index in [1.165, 1.54) is 23.0 Å². The number of nitro benzene ring substituents is 1. The second kappa shape index (κ2) is 6.21. The number of para-hydroxylation sites is 1. The number of imidazole rings is 1. The molecule has 2 aromatic carbocycles. The normalized spacial score (nSPS) is 11.0. The highest BCUT2D eigenvalue weighted by molar-refractivity contribution is 5.83. The summed E-state index contributed by atoms with van der Waals surface area (Å²) in [4.78, 5) is 14.5. The number of hydrogen-bond donors (Lipinski definition) is 2. The first-order valence-electron chi connectivity index (χ1n) is 6.96. The highest BCUT2D eigenvalue weighted by Crippen LogP contribution is 2.24. The third kappa shape index (κ3) is 3.07. The lowest BCUT2D eigenvalue weighted by Crippen LogP contribution is -1.97. The van der Waals surface area contributed by atoms with Gasteiger partial charge in [0.1, 0.15) is 5.75 Å². The van der Waals surface area contributed by atoms with E-state index in [1.54, 1.807) is 42.6 Å². The summed E-state index contributed by atoms with van der Waals surface area (Å²) in [6.07, 6.45) is 3.01. The summed E-state index contributed by atoms with van der Waals surface area (Å²) in [5, 5.41) is 24.7. The van der Waals surface area contributed by atoms with E-state index in [0.29, 0.717) is 16.8 Å². The monoisotopic (exact) mass is 323 g/mol. The minimum atomic E-state index is -0.472. The van der Waals surface area contributed by atoms with E-state index in [4.69, 9.17) is 5.73 Å². The van der Waals surface area contributed by atoms with Gasteiger partial charge < -0.3 is 10.8 Å². The Morgan fingerprint density at radius 1 is 1.25 bits per heavy atom. The van der Waals surface area contributed by atoms with Crippen LogP contribution in [0, 0.1) is 10.1 Å². The minimum absolute atomic E-state index is 0.0293. The number of phenolic OH excluding ortho intramolecular Hbond substituents is 1. The van der Waals surface area contributed by atoms with Crippen molar-refractivity contribution < 1.29 is 10.0 Å². The quantitative estimate of drug-likeness (QED) is 0.434. The molecule has 0 amide bonds. The van der Waals surface area contributed by atoms with Crippen molar-refractivity contribution in [1.82, 2.24) is 9.66 Å². The number of anilines is 1. The van der Waals surface area contributed by atoms with Crippen molar-refractivity contribution in [3.8, 4) is 17.0 Å². The Morgan fingerprint density at radius 2 is 2.04 bits per heavy atom. The number of nitrogen functional groups attached to an aromatic ring is 1. The summed E-state index contributed by atoms with van der Waals surface area (Å²) in [6.45, 7) is 0. The highest BCUT2D eigenvalue weighted by Gasteiger charge is 2.11. The van der Waals surface area contributed by atoms with Crippen LogP contribution < -0.4 is 5.73 Å². The molecule has 8 heteroatoms. The summed E-state index contributed by atoms with van der Waals surface area (Å²) >= 11 is 0. The Balaban J connectivity index is 1.92. The molecule has 0 saturated carbocycles. The molecular formula is C16H13N5O3. The van der Waals surface area contributed by atoms with Gasteiger partial charge in [0.15, 0.2) is 0 Å². The number of aromatic nitrogens is 2. The number of hydrogen-bond acceptors (Lipinski definition) is 6. The van der Waals surface area contributed by atoms with Crippen molar-refractivity contribution in [3.05, 3.63) is 70.4 Å². The number of phenols is 1. The van der Waals surface area contributed by atoms with Gasteiger partial charge in [0.2, 0.25) is 5.95 Å². The molecule has 8 nitrogen and oxygen atoms in total. The Labute approximate surface area is 136 Å². The van der Waals surface area contributed by atoms with Gasteiger partial charge >= 0.3 is 0 Å². The molecule has 0 aliphatic rings. The van der Waals surface area contributed by atoms with E-state index in [-0.39, 0.29) is 17.4 Å². The average molecular weight is 323 g/mol. The zero-order valence-corrected chi connectivity index (χ0v) is 12.4. The van der Waals surface area contributed by atoms with Crippen molar-refractivity contribution in [2.75, 3.05) is 5.73 Å². The maximum Gasteiger partial charge on any atom is 0.270 e. The molecule has 24 heavy (non-hydrogen) atoms. The predicted molar refractivity (Wildman–Crippen MR) is 89.8 cm³/mol. The van der Waals surface area contributed by atoms with Crippen molar-refractivity contribution in [3.63, 3.8) is 0 Å². The van der Waals surface area contributed by atoms with E-state index in [0.717, 1.165) is 0 Å².